The Hall–Kier alpha value is -2.24. The van der Waals surface area contributed by atoms with Gasteiger partial charge in [-0.1, -0.05) is 34.8 Å². The monoisotopic (exact) mass is 689 g/mol. The molecule has 13 heteroatoms. The Kier molecular flexibility index (Phi) is 10.5. The number of rotatable bonds is 7. The molecule has 3 fully saturated rings. The Morgan fingerprint density at radius 1 is 0.844 bits per heavy atom. The van der Waals surface area contributed by atoms with Crippen LogP contribution in [0.2, 0.25) is 15.1 Å². The van der Waals surface area contributed by atoms with Crippen molar-refractivity contribution in [2.45, 2.75) is 62.8 Å². The summed E-state index contributed by atoms with van der Waals surface area (Å²) in [6.07, 6.45) is 0.273. The molecule has 2 amide bonds. The van der Waals surface area contributed by atoms with Gasteiger partial charge in [0.2, 0.25) is 0 Å². The van der Waals surface area contributed by atoms with Gasteiger partial charge in [-0.2, -0.15) is 13.2 Å². The number of aliphatic hydroxyl groups is 2. The lowest BCUT2D eigenvalue weighted by atomic mass is 9.82. The van der Waals surface area contributed by atoms with Gasteiger partial charge in [0.1, 0.15) is 0 Å². The number of hydrogen-bond donors (Lipinski definition) is 2. The molecule has 2 atom stereocenters. The first-order chi connectivity index (χ1) is 21.3. The number of aliphatic hydroxyl groups excluding tert-OH is 1. The fraction of sp³-hybridized carbons (Fsp3) is 0.562. The number of piperidine rings is 2. The zero-order chi connectivity index (χ0) is 32.5. The maximum atomic E-state index is 14.1. The highest BCUT2D eigenvalue weighted by Crippen LogP contribution is 2.43. The summed E-state index contributed by atoms with van der Waals surface area (Å²) < 4.78 is 42.4. The molecule has 3 heterocycles. The Labute approximate surface area is 275 Å². The highest BCUT2D eigenvalue weighted by atomic mass is 35.5. The highest BCUT2D eigenvalue weighted by Gasteiger charge is 2.62. The van der Waals surface area contributed by atoms with E-state index in [1.54, 1.807) is 11.0 Å². The van der Waals surface area contributed by atoms with Crippen molar-refractivity contribution in [3.8, 4) is 0 Å². The van der Waals surface area contributed by atoms with Crippen molar-refractivity contribution in [1.29, 1.82) is 0 Å². The fourth-order valence-electron chi connectivity index (χ4n) is 6.99. The lowest BCUT2D eigenvalue weighted by Gasteiger charge is -2.40. The van der Waals surface area contributed by atoms with Crippen molar-refractivity contribution in [2.75, 3.05) is 44.2 Å². The summed E-state index contributed by atoms with van der Waals surface area (Å²) in [4.78, 5) is 31.2. The van der Waals surface area contributed by atoms with Crippen molar-refractivity contribution in [3.63, 3.8) is 0 Å². The predicted molar refractivity (Wildman–Crippen MR) is 168 cm³/mol. The van der Waals surface area contributed by atoms with E-state index in [4.69, 9.17) is 34.8 Å². The molecule has 45 heavy (non-hydrogen) atoms. The third kappa shape index (κ3) is 7.20. The average molecular weight is 691 g/mol. The summed E-state index contributed by atoms with van der Waals surface area (Å²) >= 11 is 18.3. The summed E-state index contributed by atoms with van der Waals surface area (Å²) in [5.41, 5.74) is -3.06. The maximum Gasteiger partial charge on any atom is 0.430 e. The van der Waals surface area contributed by atoms with Gasteiger partial charge in [0.25, 0.3) is 17.4 Å². The van der Waals surface area contributed by atoms with Gasteiger partial charge in [-0.05, 0) is 93.2 Å². The van der Waals surface area contributed by atoms with Gasteiger partial charge in [0.05, 0.1) is 23.2 Å². The van der Waals surface area contributed by atoms with Crippen LogP contribution in [-0.2, 0) is 10.4 Å². The molecule has 246 valence electrons. The van der Waals surface area contributed by atoms with E-state index >= 15 is 0 Å². The number of benzene rings is 2. The minimum Gasteiger partial charge on any atom is -0.394 e. The van der Waals surface area contributed by atoms with Crippen LogP contribution in [0, 0.1) is 11.8 Å². The highest BCUT2D eigenvalue weighted by molar-refractivity contribution is 6.35. The molecule has 0 spiro atoms. The SMILES string of the molecule is O=C(c1ccc(N2CCC(CC3CCN(C(=O)[C@](O)(c4cc(Cl)cc(Cl)c4)C(F)(F)F)CC3)CC2)cc1Cl)N1CCC[C@@H]1CO. The minimum absolute atomic E-state index is 0.0608. The van der Waals surface area contributed by atoms with E-state index in [0.29, 0.717) is 35.9 Å². The summed E-state index contributed by atoms with van der Waals surface area (Å²) in [6, 6.07) is 8.40. The first-order valence-electron chi connectivity index (χ1n) is 15.3. The molecule has 3 aliphatic rings. The number of carbonyl (C=O) groups is 2. The number of hydrogen-bond acceptors (Lipinski definition) is 5. The standard InChI is InChI=1S/C32H37Cl3F3N3O4/c33-23-15-22(16-24(34)17-23)31(45,32(36,37)38)30(44)40-12-7-21(8-13-40)14-20-5-10-39(11-6-20)25-3-4-27(28(35)18-25)29(43)41-9-1-2-26(41)19-42/h3-4,15-18,20-21,26,42,45H,1-2,5-14,19H2/t26-,31-/m1/s1. The quantitative estimate of drug-likeness (QED) is 0.345. The van der Waals surface area contributed by atoms with E-state index in [2.05, 4.69) is 4.90 Å². The molecule has 2 aromatic rings. The number of amides is 2. The van der Waals surface area contributed by atoms with Crippen molar-refractivity contribution < 1.29 is 33.0 Å². The lowest BCUT2D eigenvalue weighted by molar-refractivity contribution is -0.262. The van der Waals surface area contributed by atoms with Crippen LogP contribution in [0.5, 0.6) is 0 Å². The van der Waals surface area contributed by atoms with Crippen LogP contribution in [0.25, 0.3) is 0 Å². The summed E-state index contributed by atoms with van der Waals surface area (Å²) in [6.45, 7) is 2.41. The molecule has 0 aromatic heterocycles. The van der Waals surface area contributed by atoms with Crippen molar-refractivity contribution in [1.82, 2.24) is 9.80 Å². The largest absolute Gasteiger partial charge is 0.430 e. The van der Waals surface area contributed by atoms with Gasteiger partial charge in [0, 0.05) is 54.0 Å². The van der Waals surface area contributed by atoms with Crippen LogP contribution < -0.4 is 4.90 Å². The molecule has 2 aromatic carbocycles. The van der Waals surface area contributed by atoms with Crippen molar-refractivity contribution in [2.24, 2.45) is 11.8 Å². The third-order valence-electron chi connectivity index (χ3n) is 9.58. The number of halogens is 6. The average Bonchev–Trinajstić information content (AvgIpc) is 3.49. The molecule has 3 aliphatic heterocycles. The van der Waals surface area contributed by atoms with E-state index < -0.39 is 23.2 Å². The van der Waals surface area contributed by atoms with Crippen LogP contribution in [0.1, 0.15) is 60.9 Å². The first-order valence-corrected chi connectivity index (χ1v) is 16.5. The Balaban J connectivity index is 1.13. The smallest absolute Gasteiger partial charge is 0.394 e. The molecule has 0 aliphatic carbocycles. The minimum atomic E-state index is -5.26. The second kappa shape index (κ2) is 13.9. The van der Waals surface area contributed by atoms with Gasteiger partial charge in [-0.15, -0.1) is 0 Å². The molecule has 0 unspecified atom stereocenters. The number of likely N-dealkylation sites (tertiary alicyclic amines) is 2. The number of carbonyl (C=O) groups excluding carboxylic acids is 2. The zero-order valence-corrected chi connectivity index (χ0v) is 27.0. The topological polar surface area (TPSA) is 84.3 Å². The Bertz CT molecular complexity index is 1380. The number of alkyl halides is 3. The second-order valence-electron chi connectivity index (χ2n) is 12.4. The van der Waals surface area contributed by atoms with Crippen LogP contribution in [0.15, 0.2) is 36.4 Å². The molecule has 2 N–H and O–H groups in total. The van der Waals surface area contributed by atoms with Crippen LogP contribution >= 0.6 is 34.8 Å². The maximum absolute atomic E-state index is 14.1. The lowest BCUT2D eigenvalue weighted by Crippen LogP contribution is -2.57. The van der Waals surface area contributed by atoms with E-state index in [-0.39, 0.29) is 47.6 Å². The van der Waals surface area contributed by atoms with E-state index in [1.807, 2.05) is 12.1 Å². The van der Waals surface area contributed by atoms with Gasteiger partial charge in [-0.25, -0.2) is 0 Å². The van der Waals surface area contributed by atoms with E-state index in [9.17, 15) is 33.0 Å². The molecule has 3 saturated heterocycles. The molecular weight excluding hydrogens is 654 g/mol. The molecular formula is C32H37Cl3F3N3O4. The van der Waals surface area contributed by atoms with Gasteiger partial charge >= 0.3 is 6.18 Å². The fourth-order valence-corrected chi connectivity index (χ4v) is 7.77. The van der Waals surface area contributed by atoms with Crippen LogP contribution in [0.4, 0.5) is 18.9 Å². The predicted octanol–water partition coefficient (Wildman–Crippen LogP) is 6.54. The Morgan fingerprint density at radius 3 is 2.00 bits per heavy atom. The Morgan fingerprint density at radius 2 is 1.44 bits per heavy atom. The van der Waals surface area contributed by atoms with Crippen LogP contribution in [-0.4, -0.2) is 83.4 Å². The van der Waals surface area contributed by atoms with Gasteiger partial charge < -0.3 is 24.9 Å². The molecule has 7 nitrogen and oxygen atoms in total. The number of nitrogens with zero attached hydrogens (tertiary/aromatic N) is 3. The zero-order valence-electron chi connectivity index (χ0n) is 24.7. The second-order valence-corrected chi connectivity index (χ2v) is 13.7. The summed E-state index contributed by atoms with van der Waals surface area (Å²) in [7, 11) is 0. The normalized spacial score (nSPS) is 21.7. The first kappa shape index (κ1) is 34.1. The number of anilines is 1. The molecule has 0 saturated carbocycles. The van der Waals surface area contributed by atoms with Gasteiger partial charge in [-0.3, -0.25) is 9.59 Å². The van der Waals surface area contributed by atoms with E-state index in [1.165, 1.54) is 6.07 Å². The van der Waals surface area contributed by atoms with Crippen molar-refractivity contribution in [3.05, 3.63) is 62.6 Å². The van der Waals surface area contributed by atoms with Crippen molar-refractivity contribution >= 4 is 52.3 Å². The third-order valence-corrected chi connectivity index (χ3v) is 10.3. The van der Waals surface area contributed by atoms with Gasteiger partial charge in [0.15, 0.2) is 0 Å². The molecule has 5 rings (SSSR count). The molecule has 0 radical (unpaired) electrons. The summed E-state index contributed by atoms with van der Waals surface area (Å²) in [5.74, 6) is -0.874. The molecule has 0 bridgehead atoms. The van der Waals surface area contributed by atoms with Crippen LogP contribution in [0.3, 0.4) is 0 Å². The summed E-state index contributed by atoms with van der Waals surface area (Å²) in [5, 5.41) is 20.5. The van der Waals surface area contributed by atoms with E-state index in [0.717, 1.165) is 67.9 Å².